The van der Waals surface area contributed by atoms with Crippen molar-refractivity contribution in [2.45, 2.75) is 19.5 Å². The van der Waals surface area contributed by atoms with Crippen molar-refractivity contribution in [3.63, 3.8) is 0 Å². The molecule has 1 aromatic heterocycles. The van der Waals surface area contributed by atoms with Crippen molar-refractivity contribution in [2.75, 3.05) is 5.73 Å². The van der Waals surface area contributed by atoms with E-state index in [4.69, 9.17) is 11.6 Å². The largest absolute Gasteiger partial charge is 0.398 e. The van der Waals surface area contributed by atoms with E-state index in [1.54, 1.807) is 6.20 Å². The van der Waals surface area contributed by atoms with E-state index in [9.17, 15) is 0 Å². The van der Waals surface area contributed by atoms with E-state index in [2.05, 4.69) is 10.5 Å². The number of para-hydroxylation sites is 1. The topological polar surface area (TPSA) is 81.9 Å². The minimum absolute atomic E-state index is 0.140. The molecule has 1 atom stereocenters. The Kier molecular flexibility index (Phi) is 3.41. The molecule has 5 N–H and O–H groups in total. The molecule has 0 fully saturated rings. The number of nitrogens with one attached hydrogen (secondary N) is 1. The first-order chi connectivity index (χ1) is 8.27. The minimum Gasteiger partial charge on any atom is -0.398 e. The third kappa shape index (κ3) is 2.15. The predicted octanol–water partition coefficient (Wildman–Crippen LogP) is 1.04. The summed E-state index contributed by atoms with van der Waals surface area (Å²) in [5.74, 6) is 5.64. The van der Waals surface area contributed by atoms with Gasteiger partial charge in [0.15, 0.2) is 0 Å². The molecule has 0 aliphatic heterocycles. The van der Waals surface area contributed by atoms with E-state index in [0.717, 1.165) is 23.5 Å². The number of aromatic nitrogens is 2. The molecule has 0 saturated carbocycles. The summed E-state index contributed by atoms with van der Waals surface area (Å²) in [5.41, 5.74) is 11.5. The second-order valence-electron chi connectivity index (χ2n) is 3.80. The van der Waals surface area contributed by atoms with Crippen LogP contribution in [0.3, 0.4) is 0 Å². The summed E-state index contributed by atoms with van der Waals surface area (Å²) in [5, 5.41) is 4.24. The zero-order valence-electron chi connectivity index (χ0n) is 9.80. The maximum Gasteiger partial charge on any atom is 0.0898 e. The quantitative estimate of drug-likeness (QED) is 0.417. The summed E-state index contributed by atoms with van der Waals surface area (Å²) in [6.45, 7) is 2.84. The number of hydrogen-bond acceptors (Lipinski definition) is 4. The first-order valence-corrected chi connectivity index (χ1v) is 5.60. The van der Waals surface area contributed by atoms with E-state index >= 15 is 0 Å². The molecule has 90 valence electrons. The normalized spacial score (nSPS) is 12.6. The SMILES string of the molecule is CCn1nccc1C(NN)c1ccccc1N. The number of rotatable bonds is 4. The fraction of sp³-hybridized carbons (Fsp3) is 0.250. The number of nitrogen functional groups attached to an aromatic ring is 1. The third-order valence-corrected chi connectivity index (χ3v) is 2.82. The smallest absolute Gasteiger partial charge is 0.0898 e. The molecular weight excluding hydrogens is 214 g/mol. The van der Waals surface area contributed by atoms with Crippen LogP contribution in [0.5, 0.6) is 0 Å². The highest BCUT2D eigenvalue weighted by Crippen LogP contribution is 2.25. The molecule has 2 rings (SSSR count). The molecule has 17 heavy (non-hydrogen) atoms. The van der Waals surface area contributed by atoms with Crippen LogP contribution in [0, 0.1) is 0 Å². The Morgan fingerprint density at radius 3 is 2.76 bits per heavy atom. The van der Waals surface area contributed by atoms with Gasteiger partial charge in [-0.1, -0.05) is 18.2 Å². The molecule has 0 aliphatic carbocycles. The molecule has 0 spiro atoms. The molecule has 5 heteroatoms. The number of hydrazine groups is 1. The monoisotopic (exact) mass is 231 g/mol. The van der Waals surface area contributed by atoms with Gasteiger partial charge >= 0.3 is 0 Å². The number of nitrogens with two attached hydrogens (primary N) is 2. The summed E-state index contributed by atoms with van der Waals surface area (Å²) in [4.78, 5) is 0. The van der Waals surface area contributed by atoms with E-state index < -0.39 is 0 Å². The lowest BCUT2D eigenvalue weighted by molar-refractivity contribution is 0.544. The summed E-state index contributed by atoms with van der Waals surface area (Å²) >= 11 is 0. The van der Waals surface area contributed by atoms with Gasteiger partial charge in [0.05, 0.1) is 11.7 Å². The van der Waals surface area contributed by atoms with Crippen LogP contribution in [0.15, 0.2) is 36.5 Å². The van der Waals surface area contributed by atoms with Crippen LogP contribution in [0.2, 0.25) is 0 Å². The van der Waals surface area contributed by atoms with Crippen LogP contribution in [-0.2, 0) is 6.54 Å². The average molecular weight is 231 g/mol. The van der Waals surface area contributed by atoms with Gasteiger partial charge in [0.25, 0.3) is 0 Å². The van der Waals surface area contributed by atoms with Gasteiger partial charge in [0.2, 0.25) is 0 Å². The lowest BCUT2D eigenvalue weighted by atomic mass is 10.0. The van der Waals surface area contributed by atoms with E-state index in [1.165, 1.54) is 0 Å². The fourth-order valence-corrected chi connectivity index (χ4v) is 1.96. The number of anilines is 1. The molecular formula is C12H17N5. The van der Waals surface area contributed by atoms with Crippen molar-refractivity contribution in [1.29, 1.82) is 0 Å². The van der Waals surface area contributed by atoms with Gasteiger partial charge in [0.1, 0.15) is 0 Å². The number of hydrogen-bond donors (Lipinski definition) is 3. The van der Waals surface area contributed by atoms with E-state index in [-0.39, 0.29) is 6.04 Å². The second kappa shape index (κ2) is 4.99. The Hall–Kier alpha value is -1.85. The van der Waals surface area contributed by atoms with Gasteiger partial charge < -0.3 is 5.73 Å². The summed E-state index contributed by atoms with van der Waals surface area (Å²) in [7, 11) is 0. The third-order valence-electron chi connectivity index (χ3n) is 2.82. The van der Waals surface area contributed by atoms with Gasteiger partial charge in [-0.15, -0.1) is 0 Å². The second-order valence-corrected chi connectivity index (χ2v) is 3.80. The average Bonchev–Trinajstić information content (AvgIpc) is 2.81. The van der Waals surface area contributed by atoms with Gasteiger partial charge in [-0.05, 0) is 24.6 Å². The molecule has 0 bridgehead atoms. The predicted molar refractivity (Wildman–Crippen MR) is 67.9 cm³/mol. The lowest BCUT2D eigenvalue weighted by Crippen LogP contribution is -2.31. The van der Waals surface area contributed by atoms with Crippen molar-refractivity contribution < 1.29 is 0 Å². The summed E-state index contributed by atoms with van der Waals surface area (Å²) in [6, 6.07) is 9.49. The van der Waals surface area contributed by atoms with Crippen LogP contribution in [-0.4, -0.2) is 9.78 Å². The molecule has 0 amide bonds. The molecule has 1 heterocycles. The Labute approximate surface area is 100 Å². The van der Waals surface area contributed by atoms with Gasteiger partial charge in [-0.2, -0.15) is 5.10 Å². The van der Waals surface area contributed by atoms with Crippen molar-refractivity contribution in [1.82, 2.24) is 15.2 Å². The number of benzene rings is 1. The highest BCUT2D eigenvalue weighted by Gasteiger charge is 2.18. The van der Waals surface area contributed by atoms with E-state index in [0.29, 0.717) is 0 Å². The molecule has 5 nitrogen and oxygen atoms in total. The maximum absolute atomic E-state index is 5.97. The number of nitrogens with zero attached hydrogens (tertiary/aromatic N) is 2. The van der Waals surface area contributed by atoms with Crippen LogP contribution in [0.25, 0.3) is 0 Å². The Bertz CT molecular complexity index is 491. The molecule has 2 aromatic rings. The van der Waals surface area contributed by atoms with Crippen molar-refractivity contribution in [3.8, 4) is 0 Å². The van der Waals surface area contributed by atoms with Gasteiger partial charge in [-0.25, -0.2) is 5.43 Å². The molecule has 0 radical (unpaired) electrons. The van der Waals surface area contributed by atoms with Crippen molar-refractivity contribution >= 4 is 5.69 Å². The fourth-order valence-electron chi connectivity index (χ4n) is 1.96. The maximum atomic E-state index is 5.97. The van der Waals surface area contributed by atoms with Crippen LogP contribution < -0.4 is 17.0 Å². The summed E-state index contributed by atoms with van der Waals surface area (Å²) < 4.78 is 1.90. The van der Waals surface area contributed by atoms with Crippen LogP contribution in [0.1, 0.15) is 24.2 Å². The highest BCUT2D eigenvalue weighted by molar-refractivity contribution is 5.50. The summed E-state index contributed by atoms with van der Waals surface area (Å²) in [6.07, 6.45) is 1.77. The highest BCUT2D eigenvalue weighted by atomic mass is 15.3. The van der Waals surface area contributed by atoms with E-state index in [1.807, 2.05) is 41.9 Å². The zero-order chi connectivity index (χ0) is 12.3. The first kappa shape index (κ1) is 11.6. The zero-order valence-corrected chi connectivity index (χ0v) is 9.80. The van der Waals surface area contributed by atoms with Crippen molar-refractivity contribution in [3.05, 3.63) is 47.8 Å². The minimum atomic E-state index is -0.140. The molecule has 1 unspecified atom stereocenters. The first-order valence-electron chi connectivity index (χ1n) is 5.60. The standard InChI is InChI=1S/C12H17N5/c1-2-17-11(7-8-15-17)12(16-14)9-5-3-4-6-10(9)13/h3-8,12,16H,2,13-14H2,1H3. The Balaban J connectivity index is 2.44. The molecule has 0 aliphatic rings. The number of aryl methyl sites for hydroxylation is 1. The molecule has 0 saturated heterocycles. The lowest BCUT2D eigenvalue weighted by Gasteiger charge is -2.19. The van der Waals surface area contributed by atoms with Gasteiger partial charge in [-0.3, -0.25) is 10.5 Å². The van der Waals surface area contributed by atoms with Gasteiger partial charge in [0, 0.05) is 18.4 Å². The van der Waals surface area contributed by atoms with Crippen molar-refractivity contribution in [2.24, 2.45) is 5.84 Å². The van der Waals surface area contributed by atoms with Crippen LogP contribution in [0.4, 0.5) is 5.69 Å². The van der Waals surface area contributed by atoms with Crippen LogP contribution >= 0.6 is 0 Å². The Morgan fingerprint density at radius 2 is 2.12 bits per heavy atom. The molecule has 1 aromatic carbocycles. The Morgan fingerprint density at radius 1 is 1.35 bits per heavy atom.